The molecular formula is C9H12Br2OS. The van der Waals surface area contributed by atoms with E-state index in [4.69, 9.17) is 5.11 Å². The topological polar surface area (TPSA) is 20.2 Å². The van der Waals surface area contributed by atoms with Gasteiger partial charge in [-0.25, -0.2) is 0 Å². The van der Waals surface area contributed by atoms with Gasteiger partial charge in [0.2, 0.25) is 0 Å². The van der Waals surface area contributed by atoms with Crippen molar-refractivity contribution in [3.8, 4) is 0 Å². The fourth-order valence-corrected chi connectivity index (χ4v) is 3.25. The molecule has 0 saturated heterocycles. The number of hydrogen-bond donors (Lipinski definition) is 1. The summed E-state index contributed by atoms with van der Waals surface area (Å²) in [6.07, 6.45) is 0.798. The maximum absolute atomic E-state index is 8.92. The highest BCUT2D eigenvalue weighted by atomic mass is 79.9. The van der Waals surface area contributed by atoms with Crippen molar-refractivity contribution < 1.29 is 5.11 Å². The van der Waals surface area contributed by atoms with Crippen molar-refractivity contribution in [2.75, 3.05) is 6.61 Å². The van der Waals surface area contributed by atoms with Crippen molar-refractivity contribution in [3.63, 3.8) is 0 Å². The molecule has 1 nitrogen and oxygen atoms in total. The van der Waals surface area contributed by atoms with E-state index in [9.17, 15) is 0 Å². The third-order valence-corrected chi connectivity index (χ3v) is 5.67. The third kappa shape index (κ3) is 2.78. The fourth-order valence-electron chi connectivity index (χ4n) is 1.08. The van der Waals surface area contributed by atoms with Crippen molar-refractivity contribution in [1.82, 2.24) is 0 Å². The minimum atomic E-state index is 0.0634. The Kier molecular flexibility index (Phi) is 3.98. The van der Waals surface area contributed by atoms with E-state index >= 15 is 0 Å². The van der Waals surface area contributed by atoms with Gasteiger partial charge in [0.25, 0.3) is 0 Å². The Balaban J connectivity index is 2.93. The maximum atomic E-state index is 8.92. The molecule has 13 heavy (non-hydrogen) atoms. The lowest BCUT2D eigenvalue weighted by Crippen LogP contribution is -2.16. The Morgan fingerprint density at radius 1 is 1.46 bits per heavy atom. The van der Waals surface area contributed by atoms with Gasteiger partial charge < -0.3 is 5.11 Å². The summed E-state index contributed by atoms with van der Waals surface area (Å²) >= 11 is 8.65. The second kappa shape index (κ2) is 4.43. The lowest BCUT2D eigenvalue weighted by molar-refractivity contribution is 0.254. The van der Waals surface area contributed by atoms with Crippen molar-refractivity contribution >= 4 is 43.2 Å². The number of thiophene rings is 1. The number of rotatable bonds is 3. The first-order chi connectivity index (χ1) is 5.97. The Bertz CT molecular complexity index is 274. The Morgan fingerprint density at radius 2 is 2.08 bits per heavy atom. The molecule has 1 N–H and O–H groups in total. The molecule has 0 aliphatic heterocycles. The molecule has 1 aromatic rings. The van der Waals surface area contributed by atoms with E-state index in [-0.39, 0.29) is 12.0 Å². The minimum Gasteiger partial charge on any atom is -0.396 e. The second-order valence-electron chi connectivity index (χ2n) is 3.59. The Morgan fingerprint density at radius 3 is 2.46 bits per heavy atom. The van der Waals surface area contributed by atoms with Crippen molar-refractivity contribution in [2.24, 2.45) is 0 Å². The zero-order chi connectivity index (χ0) is 10.1. The lowest BCUT2D eigenvalue weighted by atomic mass is 9.88. The molecule has 0 unspecified atom stereocenters. The largest absolute Gasteiger partial charge is 0.396 e. The molecule has 1 rings (SSSR count). The summed E-state index contributed by atoms with van der Waals surface area (Å²) in [4.78, 5) is 1.29. The van der Waals surface area contributed by atoms with E-state index < -0.39 is 0 Å². The molecular weight excluding hydrogens is 316 g/mol. The van der Waals surface area contributed by atoms with E-state index in [1.807, 2.05) is 0 Å². The first-order valence-corrected chi connectivity index (χ1v) is 6.44. The SMILES string of the molecule is CC(C)(CCO)c1cc(Br)c(Br)s1. The van der Waals surface area contributed by atoms with Gasteiger partial charge in [-0.2, -0.15) is 0 Å². The quantitative estimate of drug-likeness (QED) is 0.891. The first kappa shape index (κ1) is 11.7. The van der Waals surface area contributed by atoms with E-state index in [1.54, 1.807) is 11.3 Å². The molecule has 0 radical (unpaired) electrons. The third-order valence-electron chi connectivity index (χ3n) is 2.05. The summed E-state index contributed by atoms with van der Waals surface area (Å²) < 4.78 is 2.21. The zero-order valence-corrected chi connectivity index (χ0v) is 11.6. The Labute approximate surface area is 99.4 Å². The fraction of sp³-hybridized carbons (Fsp3) is 0.556. The highest BCUT2D eigenvalue weighted by Crippen LogP contribution is 2.39. The van der Waals surface area contributed by atoms with E-state index in [2.05, 4.69) is 51.8 Å². The number of halogens is 2. The van der Waals surface area contributed by atoms with Crippen LogP contribution in [0.4, 0.5) is 0 Å². The molecule has 74 valence electrons. The average Bonchev–Trinajstić information content (AvgIpc) is 2.33. The molecule has 0 aliphatic carbocycles. The van der Waals surface area contributed by atoms with Crippen LogP contribution in [0.5, 0.6) is 0 Å². The van der Waals surface area contributed by atoms with Gasteiger partial charge in [-0.3, -0.25) is 0 Å². The van der Waals surface area contributed by atoms with Crippen LogP contribution in [0.1, 0.15) is 25.1 Å². The highest BCUT2D eigenvalue weighted by molar-refractivity contribution is 9.13. The minimum absolute atomic E-state index is 0.0634. The van der Waals surface area contributed by atoms with Crippen LogP contribution >= 0.6 is 43.2 Å². The van der Waals surface area contributed by atoms with Gasteiger partial charge in [-0.1, -0.05) is 13.8 Å². The van der Waals surface area contributed by atoms with Crippen molar-refractivity contribution in [1.29, 1.82) is 0 Å². The molecule has 1 aromatic heterocycles. The molecule has 4 heteroatoms. The van der Waals surface area contributed by atoms with Gasteiger partial charge in [-0.05, 0) is 44.3 Å². The average molecular weight is 328 g/mol. The summed E-state index contributed by atoms with van der Waals surface area (Å²) in [6.45, 7) is 4.53. The molecule has 0 aromatic carbocycles. The Hall–Kier alpha value is 0.620. The normalized spacial score (nSPS) is 12.1. The van der Waals surface area contributed by atoms with Gasteiger partial charge in [0, 0.05) is 21.4 Å². The van der Waals surface area contributed by atoms with Crippen LogP contribution in [0.2, 0.25) is 0 Å². The summed E-state index contributed by atoms with van der Waals surface area (Å²) in [5.74, 6) is 0. The van der Waals surface area contributed by atoms with Crippen molar-refractivity contribution in [2.45, 2.75) is 25.7 Å². The molecule has 0 fully saturated rings. The second-order valence-corrected chi connectivity index (χ2v) is 6.81. The van der Waals surface area contributed by atoms with E-state index in [0.717, 1.165) is 14.7 Å². The van der Waals surface area contributed by atoms with Gasteiger partial charge >= 0.3 is 0 Å². The molecule has 0 aliphatic rings. The summed E-state index contributed by atoms with van der Waals surface area (Å²) in [7, 11) is 0. The van der Waals surface area contributed by atoms with Gasteiger partial charge in [-0.15, -0.1) is 11.3 Å². The predicted octanol–water partition coefficient (Wildman–Crippen LogP) is 3.93. The monoisotopic (exact) mass is 326 g/mol. The maximum Gasteiger partial charge on any atom is 0.0843 e. The van der Waals surface area contributed by atoms with E-state index in [0.29, 0.717) is 0 Å². The van der Waals surface area contributed by atoms with Gasteiger partial charge in [0.15, 0.2) is 0 Å². The van der Waals surface area contributed by atoms with Crippen LogP contribution in [0.15, 0.2) is 14.3 Å². The smallest absolute Gasteiger partial charge is 0.0843 e. The molecule has 0 amide bonds. The predicted molar refractivity (Wildman–Crippen MR) is 64.4 cm³/mol. The molecule has 0 atom stereocenters. The van der Waals surface area contributed by atoms with Crippen LogP contribution in [-0.2, 0) is 5.41 Å². The number of aliphatic hydroxyl groups excluding tert-OH is 1. The van der Waals surface area contributed by atoms with Gasteiger partial charge in [0.05, 0.1) is 3.79 Å². The number of aliphatic hydroxyl groups is 1. The van der Waals surface area contributed by atoms with Crippen LogP contribution in [0.3, 0.4) is 0 Å². The van der Waals surface area contributed by atoms with Gasteiger partial charge in [0.1, 0.15) is 0 Å². The number of hydrogen-bond acceptors (Lipinski definition) is 2. The molecule has 1 heterocycles. The van der Waals surface area contributed by atoms with Crippen LogP contribution in [0, 0.1) is 0 Å². The molecule has 0 bridgehead atoms. The first-order valence-electron chi connectivity index (χ1n) is 4.03. The van der Waals surface area contributed by atoms with E-state index in [1.165, 1.54) is 4.88 Å². The van der Waals surface area contributed by atoms with Crippen LogP contribution in [0.25, 0.3) is 0 Å². The highest BCUT2D eigenvalue weighted by Gasteiger charge is 2.22. The lowest BCUT2D eigenvalue weighted by Gasteiger charge is -2.21. The standard InChI is InChI=1S/C9H12Br2OS/c1-9(2,3-4-12)7-5-6(10)8(11)13-7/h5,12H,3-4H2,1-2H3. The summed E-state index contributed by atoms with van der Waals surface area (Å²) in [5.41, 5.74) is 0.0634. The zero-order valence-electron chi connectivity index (χ0n) is 7.60. The molecule has 0 spiro atoms. The van der Waals surface area contributed by atoms with Crippen LogP contribution < -0.4 is 0 Å². The summed E-state index contributed by atoms with van der Waals surface area (Å²) in [5, 5.41) is 8.92. The molecule has 0 saturated carbocycles. The van der Waals surface area contributed by atoms with Crippen LogP contribution in [-0.4, -0.2) is 11.7 Å². The van der Waals surface area contributed by atoms with Crippen molar-refractivity contribution in [3.05, 3.63) is 19.2 Å². The summed E-state index contributed by atoms with van der Waals surface area (Å²) in [6, 6.07) is 2.12.